The monoisotopic (exact) mass is 159 g/mol. The smallest absolute Gasteiger partial charge is 0.221 e. The fraction of sp³-hybridized carbons (Fsp3) is 0.600. The highest BCUT2D eigenvalue weighted by molar-refractivity contribution is 7.58. The van der Waals surface area contributed by atoms with Crippen molar-refractivity contribution >= 4 is 12.6 Å². The molecule has 5 heteroatoms. The van der Waals surface area contributed by atoms with E-state index >= 15 is 0 Å². The topological polar surface area (TPSA) is 41.9 Å². The fourth-order valence-corrected chi connectivity index (χ4v) is 0.818. The average Bonchev–Trinajstić information content (AvgIpc) is 2.14. The van der Waals surface area contributed by atoms with Crippen LogP contribution in [0.15, 0.2) is 11.5 Å². The van der Waals surface area contributed by atoms with Crippen LogP contribution in [0.1, 0.15) is 0 Å². The van der Waals surface area contributed by atoms with Gasteiger partial charge < -0.3 is 17.7 Å². The lowest BCUT2D eigenvalue weighted by atomic mass is 10.7. The molecular weight excluding hydrogens is 150 g/mol. The molecule has 0 aliphatic heterocycles. The van der Waals surface area contributed by atoms with Gasteiger partial charge in [0.15, 0.2) is 5.16 Å². The van der Waals surface area contributed by atoms with Crippen LogP contribution in [0, 0.1) is 0 Å². The molecule has 1 aromatic heterocycles. The van der Waals surface area contributed by atoms with E-state index in [-0.39, 0.29) is 6.61 Å². The van der Waals surface area contributed by atoms with Crippen molar-refractivity contribution in [3.63, 3.8) is 0 Å². The number of aromatic nitrogens is 3. The minimum Gasteiger partial charge on any atom is -0.703 e. The van der Waals surface area contributed by atoms with E-state index < -0.39 is 0 Å². The summed E-state index contributed by atoms with van der Waals surface area (Å²) in [5, 5.41) is 13.0. The van der Waals surface area contributed by atoms with Crippen LogP contribution < -0.4 is 4.57 Å². The number of hydrogen-bond donors (Lipinski definition) is 1. The van der Waals surface area contributed by atoms with Gasteiger partial charge in [-0.2, -0.15) is 0 Å². The van der Waals surface area contributed by atoms with Crippen molar-refractivity contribution in [2.24, 2.45) is 7.05 Å². The van der Waals surface area contributed by atoms with E-state index in [0.717, 1.165) is 0 Å². The Labute approximate surface area is 64.5 Å². The molecule has 0 aliphatic carbocycles. The Morgan fingerprint density at radius 1 is 1.90 bits per heavy atom. The maximum absolute atomic E-state index is 8.52. The summed E-state index contributed by atoms with van der Waals surface area (Å²) < 4.78 is 3.34. The highest BCUT2D eigenvalue weighted by atomic mass is 32.1. The quantitative estimate of drug-likeness (QED) is 0.426. The normalized spacial score (nSPS) is 10.2. The van der Waals surface area contributed by atoms with Crippen LogP contribution in [0.5, 0.6) is 0 Å². The zero-order chi connectivity index (χ0) is 7.56. The summed E-state index contributed by atoms with van der Waals surface area (Å²) in [5.74, 6) is 0. The molecule has 1 rings (SSSR count). The molecule has 0 radical (unpaired) electrons. The number of rotatable bonds is 2. The number of nitrogens with zero attached hydrogens (tertiary/aromatic N) is 3. The van der Waals surface area contributed by atoms with E-state index in [1.54, 1.807) is 15.6 Å². The van der Waals surface area contributed by atoms with Crippen LogP contribution in [0.25, 0.3) is 0 Å². The van der Waals surface area contributed by atoms with E-state index in [1.807, 2.05) is 7.05 Å². The van der Waals surface area contributed by atoms with E-state index in [1.165, 1.54) is 0 Å². The van der Waals surface area contributed by atoms with Crippen molar-refractivity contribution in [3.8, 4) is 0 Å². The number of aliphatic hydroxyl groups excluding tert-OH is 1. The number of aliphatic hydroxyl groups is 1. The van der Waals surface area contributed by atoms with Crippen molar-refractivity contribution in [2.75, 3.05) is 6.61 Å². The molecule has 0 amide bonds. The predicted octanol–water partition coefficient (Wildman–Crippen LogP) is -1.39. The van der Waals surface area contributed by atoms with Crippen LogP contribution in [0.3, 0.4) is 0 Å². The summed E-state index contributed by atoms with van der Waals surface area (Å²) in [6.07, 6.45) is 1.75. The molecule has 4 nitrogen and oxygen atoms in total. The van der Waals surface area contributed by atoms with Gasteiger partial charge in [0.2, 0.25) is 6.33 Å². The van der Waals surface area contributed by atoms with E-state index in [0.29, 0.717) is 11.7 Å². The van der Waals surface area contributed by atoms with Gasteiger partial charge in [0.1, 0.15) is 6.54 Å². The first-order valence-electron chi connectivity index (χ1n) is 2.95. The molecule has 0 spiro atoms. The average molecular weight is 159 g/mol. The second kappa shape index (κ2) is 2.94. The second-order valence-electron chi connectivity index (χ2n) is 2.00. The zero-order valence-electron chi connectivity index (χ0n) is 5.69. The second-order valence-corrected chi connectivity index (χ2v) is 2.36. The first-order valence-corrected chi connectivity index (χ1v) is 3.36. The molecule has 0 saturated carbocycles. The molecular formula is C5H9N3OS. The van der Waals surface area contributed by atoms with Crippen LogP contribution in [-0.2, 0) is 26.2 Å². The van der Waals surface area contributed by atoms with Crippen molar-refractivity contribution in [1.29, 1.82) is 0 Å². The molecule has 1 heterocycles. The Morgan fingerprint density at radius 2 is 2.60 bits per heavy atom. The summed E-state index contributed by atoms with van der Waals surface area (Å²) in [6, 6.07) is 0. The lowest BCUT2D eigenvalue weighted by Gasteiger charge is -1.88. The zero-order valence-corrected chi connectivity index (χ0v) is 6.51. The molecule has 1 N–H and O–H groups in total. The lowest BCUT2D eigenvalue weighted by Crippen LogP contribution is -2.28. The predicted molar refractivity (Wildman–Crippen MR) is 36.1 cm³/mol. The maximum atomic E-state index is 8.52. The number of aryl methyl sites for hydroxylation is 1. The molecule has 0 saturated heterocycles. The van der Waals surface area contributed by atoms with Crippen LogP contribution in [0.4, 0.5) is 0 Å². The third kappa shape index (κ3) is 1.43. The molecule has 56 valence electrons. The van der Waals surface area contributed by atoms with E-state index in [2.05, 4.69) is 5.10 Å². The van der Waals surface area contributed by atoms with E-state index in [4.69, 9.17) is 17.7 Å². The lowest BCUT2D eigenvalue weighted by molar-refractivity contribution is -0.709. The van der Waals surface area contributed by atoms with Crippen molar-refractivity contribution in [1.82, 2.24) is 9.78 Å². The molecule has 1 aromatic rings. The molecule has 0 unspecified atom stereocenters. The van der Waals surface area contributed by atoms with Gasteiger partial charge in [-0.15, -0.1) is 4.68 Å². The van der Waals surface area contributed by atoms with Crippen LogP contribution in [0.2, 0.25) is 0 Å². The molecule has 10 heavy (non-hydrogen) atoms. The molecule has 0 atom stereocenters. The van der Waals surface area contributed by atoms with Gasteiger partial charge in [-0.3, -0.25) is 4.57 Å². The van der Waals surface area contributed by atoms with Gasteiger partial charge in [-0.1, -0.05) is 0 Å². The Balaban J connectivity index is 2.77. The first kappa shape index (κ1) is 7.43. The summed E-state index contributed by atoms with van der Waals surface area (Å²) in [6.45, 7) is 0.598. The van der Waals surface area contributed by atoms with Gasteiger partial charge in [0, 0.05) is 5.10 Å². The Kier molecular flexibility index (Phi) is 2.18. The molecule has 0 bridgehead atoms. The minimum absolute atomic E-state index is 0.0937. The summed E-state index contributed by atoms with van der Waals surface area (Å²) in [5.41, 5.74) is 0. The highest BCUT2D eigenvalue weighted by Crippen LogP contribution is 1.82. The van der Waals surface area contributed by atoms with Crippen LogP contribution in [-0.4, -0.2) is 21.5 Å². The van der Waals surface area contributed by atoms with Gasteiger partial charge in [0.05, 0.1) is 13.7 Å². The number of hydrogen-bond acceptors (Lipinski definition) is 3. The Hall–Kier alpha value is -0.680. The van der Waals surface area contributed by atoms with Crippen molar-refractivity contribution < 1.29 is 9.67 Å². The van der Waals surface area contributed by atoms with E-state index in [9.17, 15) is 0 Å². The third-order valence-corrected chi connectivity index (χ3v) is 1.52. The molecule has 0 aliphatic rings. The maximum Gasteiger partial charge on any atom is 0.221 e. The standard InChI is InChI=1S/C5H9N3OS/c1-7-4-8(2-3-9)6-5(7)10/h4,9H,2-3H2,1H3. The summed E-state index contributed by atoms with van der Waals surface area (Å²) >= 11 is 4.84. The fourth-order valence-electron chi connectivity index (χ4n) is 0.666. The van der Waals surface area contributed by atoms with Crippen molar-refractivity contribution in [3.05, 3.63) is 6.33 Å². The Bertz CT molecular complexity index is 203. The minimum atomic E-state index is 0.0937. The molecule has 0 fully saturated rings. The highest BCUT2D eigenvalue weighted by Gasteiger charge is 2.01. The molecule has 0 aromatic carbocycles. The third-order valence-electron chi connectivity index (χ3n) is 1.15. The summed E-state index contributed by atoms with van der Waals surface area (Å²) in [7, 11) is 1.82. The largest absolute Gasteiger partial charge is 0.703 e. The van der Waals surface area contributed by atoms with Crippen LogP contribution >= 0.6 is 0 Å². The van der Waals surface area contributed by atoms with Crippen molar-refractivity contribution in [2.45, 2.75) is 11.7 Å². The SMILES string of the molecule is C[n+]1cn(CCO)nc1[S-]. The van der Waals surface area contributed by atoms with Gasteiger partial charge in [-0.05, 0) is 0 Å². The Morgan fingerprint density at radius 3 is 3.00 bits per heavy atom. The van der Waals surface area contributed by atoms with Gasteiger partial charge >= 0.3 is 0 Å². The first-order chi connectivity index (χ1) is 4.74. The van der Waals surface area contributed by atoms with Gasteiger partial charge in [-0.25, -0.2) is 0 Å². The van der Waals surface area contributed by atoms with Gasteiger partial charge in [0.25, 0.3) is 0 Å². The summed E-state index contributed by atoms with van der Waals surface area (Å²) in [4.78, 5) is 0.